The lowest BCUT2D eigenvalue weighted by Gasteiger charge is -2.18. The molecule has 0 aliphatic rings. The Labute approximate surface area is 217 Å². The second-order valence-electron chi connectivity index (χ2n) is 9.48. The average molecular weight is 499 g/mol. The summed E-state index contributed by atoms with van der Waals surface area (Å²) >= 11 is 0. The first-order valence-corrected chi connectivity index (χ1v) is 12.6. The Morgan fingerprint density at radius 2 is 1.70 bits per heavy atom. The molecule has 37 heavy (non-hydrogen) atoms. The number of pyridine rings is 1. The highest BCUT2D eigenvalue weighted by atomic mass is 19.1. The molecule has 0 fully saturated rings. The molecule has 0 amide bonds. The quantitative estimate of drug-likeness (QED) is 0.229. The van der Waals surface area contributed by atoms with Crippen molar-refractivity contribution in [2.45, 2.75) is 53.1 Å². The van der Waals surface area contributed by atoms with Crippen LogP contribution in [0, 0.1) is 30.0 Å². The first kappa shape index (κ1) is 26.2. The summed E-state index contributed by atoms with van der Waals surface area (Å²) in [5.74, 6) is 0.850. The zero-order valence-corrected chi connectivity index (χ0v) is 21.5. The third-order valence-electron chi connectivity index (χ3n) is 6.08. The minimum atomic E-state index is -0.265. The van der Waals surface area contributed by atoms with Gasteiger partial charge in [0.2, 0.25) is 11.8 Å². The van der Waals surface area contributed by atoms with E-state index in [2.05, 4.69) is 30.1 Å². The van der Waals surface area contributed by atoms with Crippen LogP contribution in [0.15, 0.2) is 59.0 Å². The lowest BCUT2D eigenvalue weighted by atomic mass is 9.91. The van der Waals surface area contributed by atoms with E-state index < -0.39 is 0 Å². The molecular formula is C30H31FN4O2. The van der Waals surface area contributed by atoms with Crippen LogP contribution in [0.5, 0.6) is 0 Å². The maximum atomic E-state index is 13.4. The largest absolute Gasteiger partial charge is 0.421 e. The number of rotatable bonds is 11. The number of benzene rings is 2. The predicted octanol–water partition coefficient (Wildman–Crippen LogP) is 6.19. The van der Waals surface area contributed by atoms with Crippen molar-refractivity contribution in [3.05, 3.63) is 99.9 Å². The highest BCUT2D eigenvalue weighted by Gasteiger charge is 2.24. The normalized spacial score (nSPS) is 11.1. The third kappa shape index (κ3) is 6.87. The molecule has 0 aliphatic carbocycles. The van der Waals surface area contributed by atoms with Gasteiger partial charge in [-0.3, -0.25) is 4.98 Å². The SMILES string of the molecule is Cc1nnc(-c2c(CCc3ccc(F)cc3)nc(CC(C)C)c(C#N)c2CCOCc2ccccc2)o1. The Hall–Kier alpha value is -3.89. The zero-order valence-electron chi connectivity index (χ0n) is 21.5. The maximum Gasteiger partial charge on any atom is 0.249 e. The van der Waals surface area contributed by atoms with Gasteiger partial charge in [0.25, 0.3) is 0 Å². The Balaban J connectivity index is 1.71. The molecule has 0 unspecified atom stereocenters. The fourth-order valence-electron chi connectivity index (χ4n) is 4.35. The van der Waals surface area contributed by atoms with E-state index in [4.69, 9.17) is 14.1 Å². The molecule has 0 radical (unpaired) electrons. The first-order chi connectivity index (χ1) is 17.9. The minimum Gasteiger partial charge on any atom is -0.421 e. The Morgan fingerprint density at radius 3 is 2.35 bits per heavy atom. The van der Waals surface area contributed by atoms with E-state index in [1.807, 2.05) is 30.3 Å². The summed E-state index contributed by atoms with van der Waals surface area (Å²) in [5.41, 5.74) is 5.72. The number of hydrogen-bond acceptors (Lipinski definition) is 6. The van der Waals surface area contributed by atoms with Gasteiger partial charge in [0.05, 0.1) is 35.7 Å². The molecule has 4 aromatic rings. The van der Waals surface area contributed by atoms with Gasteiger partial charge in [0, 0.05) is 6.92 Å². The van der Waals surface area contributed by atoms with Crippen LogP contribution in [0.2, 0.25) is 0 Å². The number of nitrogens with zero attached hydrogens (tertiary/aromatic N) is 4. The molecule has 2 heterocycles. The van der Waals surface area contributed by atoms with Crippen molar-refractivity contribution in [2.24, 2.45) is 5.92 Å². The standard InChI is InChI=1S/C30H31FN4O2/c1-20(2)17-28-26(18-32)25(15-16-36-19-23-7-5-4-6-8-23)29(30-35-34-21(3)37-30)27(33-28)14-11-22-9-12-24(31)13-10-22/h4-10,12-13,20H,11,14-17,19H2,1-3H3. The van der Waals surface area contributed by atoms with Crippen molar-refractivity contribution in [3.8, 4) is 17.5 Å². The van der Waals surface area contributed by atoms with Crippen molar-refractivity contribution < 1.29 is 13.5 Å². The van der Waals surface area contributed by atoms with E-state index in [0.29, 0.717) is 67.7 Å². The highest BCUT2D eigenvalue weighted by molar-refractivity contribution is 5.67. The van der Waals surface area contributed by atoms with E-state index in [1.165, 1.54) is 12.1 Å². The molecule has 0 saturated carbocycles. The summed E-state index contributed by atoms with van der Waals surface area (Å²) in [7, 11) is 0. The lowest BCUT2D eigenvalue weighted by Crippen LogP contribution is -2.13. The predicted molar refractivity (Wildman–Crippen MR) is 139 cm³/mol. The molecule has 190 valence electrons. The first-order valence-electron chi connectivity index (χ1n) is 12.6. The summed E-state index contributed by atoms with van der Waals surface area (Å²) in [5, 5.41) is 18.5. The van der Waals surface area contributed by atoms with E-state index in [9.17, 15) is 9.65 Å². The zero-order chi connectivity index (χ0) is 26.2. The maximum absolute atomic E-state index is 13.4. The van der Waals surface area contributed by atoms with Crippen LogP contribution in [0.25, 0.3) is 11.5 Å². The van der Waals surface area contributed by atoms with Gasteiger partial charge in [-0.05, 0) is 60.4 Å². The summed E-state index contributed by atoms with van der Waals surface area (Å²) in [4.78, 5) is 4.97. The fourth-order valence-corrected chi connectivity index (χ4v) is 4.35. The van der Waals surface area contributed by atoms with E-state index in [0.717, 1.165) is 28.1 Å². The summed E-state index contributed by atoms with van der Waals surface area (Å²) in [6.45, 7) is 6.87. The molecule has 6 nitrogen and oxygen atoms in total. The van der Waals surface area contributed by atoms with Gasteiger partial charge < -0.3 is 9.15 Å². The Kier molecular flexibility index (Phi) is 8.76. The van der Waals surface area contributed by atoms with Crippen LogP contribution in [0.4, 0.5) is 4.39 Å². The topological polar surface area (TPSA) is 84.8 Å². The number of nitriles is 1. The molecule has 4 rings (SSSR count). The molecule has 0 saturated heterocycles. The van der Waals surface area contributed by atoms with Gasteiger partial charge >= 0.3 is 0 Å². The number of halogens is 1. The van der Waals surface area contributed by atoms with Crippen molar-refractivity contribution in [2.75, 3.05) is 6.61 Å². The van der Waals surface area contributed by atoms with Crippen LogP contribution < -0.4 is 0 Å². The molecule has 0 N–H and O–H groups in total. The van der Waals surface area contributed by atoms with Crippen molar-refractivity contribution >= 4 is 0 Å². The fraction of sp³-hybridized carbons (Fsp3) is 0.333. The molecular weight excluding hydrogens is 467 g/mol. The molecule has 0 spiro atoms. The van der Waals surface area contributed by atoms with Gasteiger partial charge in [-0.2, -0.15) is 5.26 Å². The van der Waals surface area contributed by atoms with Crippen LogP contribution in [0.1, 0.15) is 53.4 Å². The molecule has 0 bridgehead atoms. The van der Waals surface area contributed by atoms with Crippen molar-refractivity contribution in [3.63, 3.8) is 0 Å². The molecule has 2 aromatic heterocycles. The second kappa shape index (κ2) is 12.4. The smallest absolute Gasteiger partial charge is 0.249 e. The number of aryl methyl sites for hydroxylation is 3. The number of ether oxygens (including phenoxy) is 1. The van der Waals surface area contributed by atoms with E-state index >= 15 is 0 Å². The third-order valence-corrected chi connectivity index (χ3v) is 6.08. The molecule has 0 atom stereocenters. The molecule has 0 aliphatic heterocycles. The molecule has 7 heteroatoms. The lowest BCUT2D eigenvalue weighted by molar-refractivity contribution is 0.124. The van der Waals surface area contributed by atoms with Crippen LogP contribution in [-0.4, -0.2) is 21.8 Å². The van der Waals surface area contributed by atoms with Crippen molar-refractivity contribution in [1.82, 2.24) is 15.2 Å². The average Bonchev–Trinajstić information content (AvgIpc) is 3.32. The monoisotopic (exact) mass is 498 g/mol. The number of aromatic nitrogens is 3. The van der Waals surface area contributed by atoms with Gasteiger partial charge in [-0.15, -0.1) is 10.2 Å². The van der Waals surface area contributed by atoms with Gasteiger partial charge in [0.1, 0.15) is 11.9 Å². The van der Waals surface area contributed by atoms with Gasteiger partial charge in [-0.1, -0.05) is 56.3 Å². The summed E-state index contributed by atoms with van der Waals surface area (Å²) < 4.78 is 25.3. The summed E-state index contributed by atoms with van der Waals surface area (Å²) in [6.07, 6.45) is 2.42. The second-order valence-corrected chi connectivity index (χ2v) is 9.48. The number of hydrogen-bond donors (Lipinski definition) is 0. The van der Waals surface area contributed by atoms with Crippen molar-refractivity contribution in [1.29, 1.82) is 5.26 Å². The Morgan fingerprint density at radius 1 is 0.946 bits per heavy atom. The van der Waals surface area contributed by atoms with Crippen LogP contribution >= 0.6 is 0 Å². The molecule has 2 aromatic carbocycles. The minimum absolute atomic E-state index is 0.265. The van der Waals surface area contributed by atoms with E-state index in [1.54, 1.807) is 19.1 Å². The van der Waals surface area contributed by atoms with Gasteiger partial charge in [0.15, 0.2) is 0 Å². The van der Waals surface area contributed by atoms with Crippen LogP contribution in [0.3, 0.4) is 0 Å². The van der Waals surface area contributed by atoms with Gasteiger partial charge in [-0.25, -0.2) is 4.39 Å². The summed E-state index contributed by atoms with van der Waals surface area (Å²) in [6, 6.07) is 18.9. The highest BCUT2D eigenvalue weighted by Crippen LogP contribution is 2.32. The Bertz CT molecular complexity index is 1360. The van der Waals surface area contributed by atoms with E-state index in [-0.39, 0.29) is 5.82 Å². The van der Waals surface area contributed by atoms with Crippen LogP contribution in [-0.2, 0) is 37.0 Å².